The average Bonchev–Trinajstić information content (AvgIpc) is 2.37. The Bertz CT molecular complexity index is 331. The molecule has 0 aliphatic rings. The van der Waals surface area contributed by atoms with Gasteiger partial charge in [0.1, 0.15) is 12.1 Å². The van der Waals surface area contributed by atoms with E-state index in [-0.39, 0.29) is 0 Å². The van der Waals surface area contributed by atoms with Crippen LogP contribution in [0.5, 0.6) is 5.88 Å². The number of anilines is 1. The van der Waals surface area contributed by atoms with Crippen LogP contribution < -0.4 is 10.1 Å². The summed E-state index contributed by atoms with van der Waals surface area (Å²) in [5.41, 5.74) is 0. The van der Waals surface area contributed by atoms with E-state index in [0.717, 1.165) is 12.2 Å². The highest BCUT2D eigenvalue weighted by atomic mass is 16.5. The molecule has 1 unspecified atom stereocenters. The average molecular weight is 251 g/mol. The van der Waals surface area contributed by atoms with Crippen molar-refractivity contribution in [2.24, 2.45) is 0 Å². The number of unbranched alkanes of at least 4 members (excludes halogenated alkanes) is 2. The van der Waals surface area contributed by atoms with E-state index in [9.17, 15) is 0 Å². The first-order valence-electron chi connectivity index (χ1n) is 6.97. The molecular formula is C14H25N3O. The van der Waals surface area contributed by atoms with Gasteiger partial charge in [0.25, 0.3) is 0 Å². The molecule has 1 atom stereocenters. The minimum Gasteiger partial charge on any atom is -0.478 e. The molecule has 0 saturated heterocycles. The Kier molecular flexibility index (Phi) is 7.14. The number of hydrogen-bond donors (Lipinski definition) is 1. The molecule has 1 rings (SSSR count). The second kappa shape index (κ2) is 8.72. The summed E-state index contributed by atoms with van der Waals surface area (Å²) in [6.45, 7) is 7.18. The van der Waals surface area contributed by atoms with Gasteiger partial charge in [-0.1, -0.05) is 33.1 Å². The Morgan fingerprint density at radius 2 is 2.06 bits per heavy atom. The largest absolute Gasteiger partial charge is 0.478 e. The summed E-state index contributed by atoms with van der Waals surface area (Å²) in [6, 6.07) is 2.30. The molecule has 0 radical (unpaired) electrons. The number of nitrogens with zero attached hydrogens (tertiary/aromatic N) is 2. The van der Waals surface area contributed by atoms with Gasteiger partial charge in [0.05, 0.1) is 6.61 Å². The van der Waals surface area contributed by atoms with Gasteiger partial charge in [-0.25, -0.2) is 9.97 Å². The van der Waals surface area contributed by atoms with E-state index in [1.54, 1.807) is 6.33 Å². The topological polar surface area (TPSA) is 47.0 Å². The van der Waals surface area contributed by atoms with Crippen molar-refractivity contribution in [1.82, 2.24) is 9.97 Å². The molecule has 0 fully saturated rings. The zero-order chi connectivity index (χ0) is 13.2. The van der Waals surface area contributed by atoms with Gasteiger partial charge >= 0.3 is 0 Å². The molecule has 102 valence electrons. The fourth-order valence-electron chi connectivity index (χ4n) is 1.73. The van der Waals surface area contributed by atoms with Gasteiger partial charge in [0, 0.05) is 12.1 Å². The van der Waals surface area contributed by atoms with Gasteiger partial charge in [0.2, 0.25) is 5.88 Å². The van der Waals surface area contributed by atoms with E-state index < -0.39 is 0 Å². The number of hydrogen-bond acceptors (Lipinski definition) is 4. The molecule has 4 heteroatoms. The Hall–Kier alpha value is -1.32. The second-order valence-electron chi connectivity index (χ2n) is 4.63. The van der Waals surface area contributed by atoms with Gasteiger partial charge in [-0.2, -0.15) is 0 Å². The molecule has 0 saturated carbocycles. The Morgan fingerprint density at radius 3 is 2.78 bits per heavy atom. The van der Waals surface area contributed by atoms with Gasteiger partial charge in [-0.05, 0) is 19.8 Å². The summed E-state index contributed by atoms with van der Waals surface area (Å²) in [5.74, 6) is 1.50. The minimum absolute atomic E-state index is 0.436. The Labute approximate surface area is 110 Å². The number of nitrogens with one attached hydrogen (secondary N) is 1. The summed E-state index contributed by atoms with van der Waals surface area (Å²) >= 11 is 0. The highest BCUT2D eigenvalue weighted by Gasteiger charge is 2.04. The van der Waals surface area contributed by atoms with E-state index in [4.69, 9.17) is 4.74 Å². The lowest BCUT2D eigenvalue weighted by Gasteiger charge is -2.14. The molecule has 4 nitrogen and oxygen atoms in total. The lowest BCUT2D eigenvalue weighted by Crippen LogP contribution is -2.16. The lowest BCUT2D eigenvalue weighted by molar-refractivity contribution is 0.305. The van der Waals surface area contributed by atoms with E-state index in [0.29, 0.717) is 18.5 Å². The molecule has 0 aliphatic carbocycles. The molecule has 1 heterocycles. The van der Waals surface area contributed by atoms with Crippen molar-refractivity contribution in [1.29, 1.82) is 0 Å². The van der Waals surface area contributed by atoms with Crippen LogP contribution in [0, 0.1) is 0 Å². The SMILES string of the molecule is CCCCCC(C)Nc1cc(OCCC)ncn1. The summed E-state index contributed by atoms with van der Waals surface area (Å²) in [6.07, 6.45) is 7.51. The molecule has 1 aromatic heterocycles. The smallest absolute Gasteiger partial charge is 0.218 e. The highest BCUT2D eigenvalue weighted by molar-refractivity contribution is 5.37. The van der Waals surface area contributed by atoms with Gasteiger partial charge < -0.3 is 10.1 Å². The number of rotatable bonds is 9. The Balaban J connectivity index is 2.40. The molecule has 0 spiro atoms. The van der Waals surface area contributed by atoms with E-state index in [1.165, 1.54) is 25.7 Å². The molecular weight excluding hydrogens is 226 g/mol. The fraction of sp³-hybridized carbons (Fsp3) is 0.714. The number of ether oxygens (including phenoxy) is 1. The van der Waals surface area contributed by atoms with Crippen molar-refractivity contribution >= 4 is 5.82 Å². The molecule has 1 N–H and O–H groups in total. The van der Waals surface area contributed by atoms with Crippen molar-refractivity contribution in [3.8, 4) is 5.88 Å². The number of aromatic nitrogens is 2. The van der Waals surface area contributed by atoms with Crippen LogP contribution in [0.3, 0.4) is 0 Å². The summed E-state index contributed by atoms with van der Waals surface area (Å²) < 4.78 is 5.48. The molecule has 18 heavy (non-hydrogen) atoms. The first kappa shape index (κ1) is 14.7. The third-order valence-corrected chi connectivity index (χ3v) is 2.73. The van der Waals surface area contributed by atoms with Crippen LogP contribution >= 0.6 is 0 Å². The van der Waals surface area contributed by atoms with Crippen LogP contribution in [-0.4, -0.2) is 22.6 Å². The predicted octanol–water partition coefficient (Wildman–Crippen LogP) is 3.65. The summed E-state index contributed by atoms with van der Waals surface area (Å²) in [4.78, 5) is 8.30. The summed E-state index contributed by atoms with van der Waals surface area (Å²) in [5, 5.41) is 3.39. The van der Waals surface area contributed by atoms with Gasteiger partial charge in [-0.15, -0.1) is 0 Å². The van der Waals surface area contributed by atoms with E-state index >= 15 is 0 Å². The first-order valence-corrected chi connectivity index (χ1v) is 6.97. The quantitative estimate of drug-likeness (QED) is 0.681. The zero-order valence-electron chi connectivity index (χ0n) is 11.8. The fourth-order valence-corrected chi connectivity index (χ4v) is 1.73. The third kappa shape index (κ3) is 5.84. The minimum atomic E-state index is 0.436. The Morgan fingerprint density at radius 1 is 1.22 bits per heavy atom. The van der Waals surface area contributed by atoms with Crippen molar-refractivity contribution in [2.75, 3.05) is 11.9 Å². The summed E-state index contributed by atoms with van der Waals surface area (Å²) in [7, 11) is 0. The third-order valence-electron chi connectivity index (χ3n) is 2.73. The standard InChI is InChI=1S/C14H25N3O/c1-4-6-7-8-12(3)17-13-10-14(16-11-15-13)18-9-5-2/h10-12H,4-9H2,1-3H3,(H,15,16,17). The van der Waals surface area contributed by atoms with Crippen LogP contribution in [-0.2, 0) is 0 Å². The zero-order valence-corrected chi connectivity index (χ0v) is 11.8. The van der Waals surface area contributed by atoms with Crippen molar-refractivity contribution in [3.05, 3.63) is 12.4 Å². The highest BCUT2D eigenvalue weighted by Crippen LogP contribution is 2.14. The molecule has 0 aliphatic heterocycles. The molecule has 0 aromatic carbocycles. The van der Waals surface area contributed by atoms with Crippen LogP contribution in [0.2, 0.25) is 0 Å². The lowest BCUT2D eigenvalue weighted by atomic mass is 10.1. The van der Waals surface area contributed by atoms with Crippen LogP contribution in [0.1, 0.15) is 52.9 Å². The van der Waals surface area contributed by atoms with Crippen molar-refractivity contribution in [3.63, 3.8) is 0 Å². The first-order chi connectivity index (χ1) is 8.76. The van der Waals surface area contributed by atoms with Crippen molar-refractivity contribution < 1.29 is 4.74 Å². The maximum Gasteiger partial charge on any atom is 0.218 e. The molecule has 0 amide bonds. The monoisotopic (exact) mass is 251 g/mol. The van der Waals surface area contributed by atoms with Gasteiger partial charge in [0.15, 0.2) is 0 Å². The maximum atomic E-state index is 5.48. The van der Waals surface area contributed by atoms with E-state index in [1.807, 2.05) is 6.07 Å². The van der Waals surface area contributed by atoms with Crippen LogP contribution in [0.4, 0.5) is 5.82 Å². The molecule has 1 aromatic rings. The van der Waals surface area contributed by atoms with Crippen LogP contribution in [0.25, 0.3) is 0 Å². The van der Waals surface area contributed by atoms with E-state index in [2.05, 4.69) is 36.1 Å². The van der Waals surface area contributed by atoms with Crippen molar-refractivity contribution in [2.45, 2.75) is 58.9 Å². The predicted molar refractivity (Wildman–Crippen MR) is 75.0 cm³/mol. The second-order valence-corrected chi connectivity index (χ2v) is 4.63. The van der Waals surface area contributed by atoms with Gasteiger partial charge in [-0.3, -0.25) is 0 Å². The van der Waals surface area contributed by atoms with Crippen LogP contribution in [0.15, 0.2) is 12.4 Å². The molecule has 0 bridgehead atoms. The maximum absolute atomic E-state index is 5.48. The normalized spacial score (nSPS) is 12.2.